The van der Waals surface area contributed by atoms with E-state index in [0.29, 0.717) is 12.0 Å². The number of hydrogen-bond donors (Lipinski definition) is 1. The number of hydrogen-bond acceptors (Lipinski definition) is 6. The van der Waals surface area contributed by atoms with Crippen LogP contribution in [0.15, 0.2) is 36.4 Å². The van der Waals surface area contributed by atoms with E-state index in [-0.39, 0.29) is 12.7 Å². The minimum absolute atomic E-state index is 0.220. The van der Waals surface area contributed by atoms with Crippen LogP contribution in [0.5, 0.6) is 11.5 Å². The Balaban J connectivity index is 1.80. The predicted molar refractivity (Wildman–Crippen MR) is 84.0 cm³/mol. The third kappa shape index (κ3) is 2.38. The summed E-state index contributed by atoms with van der Waals surface area (Å²) in [5.74, 6) is 1.69. The van der Waals surface area contributed by atoms with Crippen LogP contribution < -0.4 is 15.2 Å². The molecule has 0 saturated carbocycles. The molecule has 2 aromatic carbocycles. The van der Waals surface area contributed by atoms with E-state index in [1.165, 1.54) is 0 Å². The van der Waals surface area contributed by atoms with Crippen molar-refractivity contribution in [3.63, 3.8) is 0 Å². The summed E-state index contributed by atoms with van der Waals surface area (Å²) in [6.45, 7) is 0.244. The van der Waals surface area contributed by atoms with Crippen LogP contribution in [0.4, 0.5) is 5.95 Å². The van der Waals surface area contributed by atoms with Crippen molar-refractivity contribution in [1.29, 1.82) is 5.26 Å². The zero-order chi connectivity index (χ0) is 15.8. The first-order chi connectivity index (χ1) is 11.2. The molecule has 0 spiro atoms. The van der Waals surface area contributed by atoms with Crippen LogP contribution in [0, 0.1) is 11.3 Å². The second kappa shape index (κ2) is 5.14. The van der Waals surface area contributed by atoms with Gasteiger partial charge in [0.1, 0.15) is 0 Å². The summed E-state index contributed by atoms with van der Waals surface area (Å²) in [5.41, 5.74) is 8.91. The van der Waals surface area contributed by atoms with E-state index in [1.54, 1.807) is 18.2 Å². The molecule has 0 atom stereocenters. The Morgan fingerprint density at radius 3 is 2.83 bits per heavy atom. The summed E-state index contributed by atoms with van der Waals surface area (Å²) in [5, 5.41) is 9.92. The highest BCUT2D eigenvalue weighted by atomic mass is 16.7. The number of rotatable bonds is 2. The molecule has 2 heterocycles. The lowest BCUT2D eigenvalue weighted by atomic mass is 10.0. The average Bonchev–Trinajstić information content (AvgIpc) is 3.02. The molecule has 0 bridgehead atoms. The van der Waals surface area contributed by atoms with Crippen molar-refractivity contribution in [3.8, 4) is 17.6 Å². The van der Waals surface area contributed by atoms with Gasteiger partial charge in [0, 0.05) is 11.8 Å². The Morgan fingerprint density at radius 2 is 1.96 bits per heavy atom. The zero-order valence-corrected chi connectivity index (χ0v) is 12.1. The Hall–Kier alpha value is -3.33. The Bertz CT molecular complexity index is 963. The van der Waals surface area contributed by atoms with Gasteiger partial charge in [-0.3, -0.25) is 0 Å². The molecule has 1 aliphatic rings. The molecule has 1 aromatic heterocycles. The molecule has 6 heteroatoms. The SMILES string of the molecule is N#Cc1ccc2nc(N)nc(Cc3ccc4c(c3)OCO4)c2c1. The lowest BCUT2D eigenvalue weighted by molar-refractivity contribution is 0.174. The summed E-state index contributed by atoms with van der Waals surface area (Å²) in [4.78, 5) is 8.57. The first-order valence-corrected chi connectivity index (χ1v) is 7.08. The van der Waals surface area contributed by atoms with Crippen molar-refractivity contribution in [2.75, 3.05) is 12.5 Å². The molecule has 3 aromatic rings. The molecule has 112 valence electrons. The predicted octanol–water partition coefficient (Wildman–Crippen LogP) is 2.40. The first-order valence-electron chi connectivity index (χ1n) is 7.08. The van der Waals surface area contributed by atoms with Crippen LogP contribution >= 0.6 is 0 Å². The minimum atomic E-state index is 0.220. The molecule has 0 unspecified atom stereocenters. The second-order valence-corrected chi connectivity index (χ2v) is 5.24. The fraction of sp³-hybridized carbons (Fsp3) is 0.118. The number of nitrogens with zero attached hydrogens (tertiary/aromatic N) is 3. The molecule has 0 saturated heterocycles. The van der Waals surface area contributed by atoms with Gasteiger partial charge in [-0.15, -0.1) is 0 Å². The van der Waals surface area contributed by atoms with Gasteiger partial charge in [0.25, 0.3) is 0 Å². The summed E-state index contributed by atoms with van der Waals surface area (Å²) >= 11 is 0. The van der Waals surface area contributed by atoms with E-state index in [0.717, 1.165) is 33.7 Å². The van der Waals surface area contributed by atoms with Crippen molar-refractivity contribution >= 4 is 16.9 Å². The fourth-order valence-electron chi connectivity index (χ4n) is 2.66. The van der Waals surface area contributed by atoms with E-state index in [9.17, 15) is 0 Å². The van der Waals surface area contributed by atoms with Gasteiger partial charge in [-0.05, 0) is 35.9 Å². The van der Waals surface area contributed by atoms with Crippen molar-refractivity contribution in [3.05, 3.63) is 53.2 Å². The number of anilines is 1. The highest BCUT2D eigenvalue weighted by Crippen LogP contribution is 2.33. The van der Waals surface area contributed by atoms with Crippen LogP contribution in [-0.4, -0.2) is 16.8 Å². The standard InChI is InChI=1S/C17H12N4O2/c18-8-11-1-3-13-12(5-11)14(21-17(19)20-13)6-10-2-4-15-16(7-10)23-9-22-15/h1-5,7H,6,9H2,(H2,19,20,21). The van der Waals surface area contributed by atoms with Crippen molar-refractivity contribution in [2.24, 2.45) is 0 Å². The summed E-state index contributed by atoms with van der Waals surface area (Å²) in [6.07, 6.45) is 0.564. The van der Waals surface area contributed by atoms with E-state index >= 15 is 0 Å². The Labute approximate surface area is 132 Å². The molecule has 6 nitrogen and oxygen atoms in total. The van der Waals surface area contributed by atoms with Gasteiger partial charge in [-0.2, -0.15) is 5.26 Å². The number of nitriles is 1. The normalized spacial score (nSPS) is 12.3. The fourth-order valence-corrected chi connectivity index (χ4v) is 2.66. The molecular formula is C17H12N4O2. The van der Waals surface area contributed by atoms with Crippen LogP contribution in [0.25, 0.3) is 10.9 Å². The highest BCUT2D eigenvalue weighted by molar-refractivity contribution is 5.83. The molecule has 0 radical (unpaired) electrons. The van der Waals surface area contributed by atoms with E-state index in [4.69, 9.17) is 20.5 Å². The van der Waals surface area contributed by atoms with Gasteiger partial charge >= 0.3 is 0 Å². The first kappa shape index (κ1) is 13.3. The van der Waals surface area contributed by atoms with Gasteiger partial charge in [0.15, 0.2) is 11.5 Å². The van der Waals surface area contributed by atoms with Crippen molar-refractivity contribution < 1.29 is 9.47 Å². The van der Waals surface area contributed by atoms with Gasteiger partial charge in [-0.1, -0.05) is 6.07 Å². The summed E-state index contributed by atoms with van der Waals surface area (Å²) in [6, 6.07) is 13.2. The van der Waals surface area contributed by atoms with Crippen LogP contribution in [0.3, 0.4) is 0 Å². The van der Waals surface area contributed by atoms with Crippen LogP contribution in [-0.2, 0) is 6.42 Å². The molecule has 23 heavy (non-hydrogen) atoms. The molecule has 2 N–H and O–H groups in total. The van der Waals surface area contributed by atoms with Crippen molar-refractivity contribution in [1.82, 2.24) is 9.97 Å². The molecule has 0 amide bonds. The van der Waals surface area contributed by atoms with Crippen LogP contribution in [0.1, 0.15) is 16.8 Å². The Kier molecular flexibility index (Phi) is 2.98. The molecule has 0 aliphatic carbocycles. The maximum Gasteiger partial charge on any atom is 0.231 e. The zero-order valence-electron chi connectivity index (χ0n) is 12.1. The van der Waals surface area contributed by atoms with Gasteiger partial charge < -0.3 is 15.2 Å². The number of benzene rings is 2. The second-order valence-electron chi connectivity index (χ2n) is 5.24. The van der Waals surface area contributed by atoms with Gasteiger partial charge in [0.2, 0.25) is 12.7 Å². The topological polar surface area (TPSA) is 94.1 Å². The summed E-state index contributed by atoms with van der Waals surface area (Å²) in [7, 11) is 0. The summed E-state index contributed by atoms with van der Waals surface area (Å²) < 4.78 is 10.7. The smallest absolute Gasteiger partial charge is 0.231 e. The number of ether oxygens (including phenoxy) is 2. The molecule has 0 fully saturated rings. The lowest BCUT2D eigenvalue weighted by Crippen LogP contribution is -2.02. The van der Waals surface area contributed by atoms with Gasteiger partial charge in [-0.25, -0.2) is 9.97 Å². The monoisotopic (exact) mass is 304 g/mol. The Morgan fingerprint density at radius 1 is 1.09 bits per heavy atom. The number of nitrogens with two attached hydrogens (primary N) is 1. The lowest BCUT2D eigenvalue weighted by Gasteiger charge is -2.08. The maximum atomic E-state index is 9.09. The maximum absolute atomic E-state index is 9.09. The largest absolute Gasteiger partial charge is 0.454 e. The number of aromatic nitrogens is 2. The number of fused-ring (bicyclic) bond motifs is 2. The van der Waals surface area contributed by atoms with Crippen LogP contribution in [0.2, 0.25) is 0 Å². The highest BCUT2D eigenvalue weighted by Gasteiger charge is 2.15. The molecular weight excluding hydrogens is 292 g/mol. The van der Waals surface area contributed by atoms with Crippen molar-refractivity contribution in [2.45, 2.75) is 6.42 Å². The third-order valence-electron chi connectivity index (χ3n) is 3.73. The minimum Gasteiger partial charge on any atom is -0.454 e. The van der Waals surface area contributed by atoms with Gasteiger partial charge in [0.05, 0.1) is 22.8 Å². The van der Waals surface area contributed by atoms with E-state index in [1.807, 2.05) is 18.2 Å². The number of nitrogen functional groups attached to an aromatic ring is 1. The molecule has 4 rings (SSSR count). The van der Waals surface area contributed by atoms with E-state index < -0.39 is 0 Å². The quantitative estimate of drug-likeness (QED) is 0.781. The molecule has 1 aliphatic heterocycles. The average molecular weight is 304 g/mol. The van der Waals surface area contributed by atoms with E-state index in [2.05, 4.69) is 16.0 Å². The third-order valence-corrected chi connectivity index (χ3v) is 3.73.